The Hall–Kier alpha value is -1.31. The van der Waals surface area contributed by atoms with Gasteiger partial charge >= 0.3 is 0 Å². The summed E-state index contributed by atoms with van der Waals surface area (Å²) in [4.78, 5) is 11.7. The van der Waals surface area contributed by atoms with Crippen molar-refractivity contribution in [2.45, 2.75) is 0 Å². The van der Waals surface area contributed by atoms with Crippen molar-refractivity contribution >= 4 is 33.2 Å². The lowest BCUT2D eigenvalue weighted by molar-refractivity contribution is 0.0956. The minimum atomic E-state index is -3.32. The molecule has 18 heavy (non-hydrogen) atoms. The molecule has 0 radical (unpaired) electrons. The largest absolute Gasteiger partial charge is 0.398 e. The second-order valence-corrected chi connectivity index (χ2v) is 5.97. The zero-order valence-corrected chi connectivity index (χ0v) is 11.3. The van der Waals surface area contributed by atoms with Gasteiger partial charge < -0.3 is 11.1 Å². The Bertz CT molecular complexity index is 545. The number of anilines is 1. The molecule has 0 atom stereocenters. The second-order valence-electron chi connectivity index (χ2n) is 3.52. The average molecular weight is 292 g/mol. The predicted octanol–water partition coefficient (Wildman–Crippen LogP) is 0.201. The zero-order chi connectivity index (χ0) is 13.8. The van der Waals surface area contributed by atoms with E-state index in [-0.39, 0.29) is 12.3 Å². The molecule has 0 aliphatic rings. The summed E-state index contributed by atoms with van der Waals surface area (Å²) in [6, 6.07) is 4.46. The SMILES string of the molecule is CNS(=O)(=O)CCNC(=O)c1ccc(Cl)c(N)c1. The van der Waals surface area contributed by atoms with Crippen LogP contribution in [0.25, 0.3) is 0 Å². The number of benzene rings is 1. The normalized spacial score (nSPS) is 11.2. The number of halogens is 1. The number of nitrogens with two attached hydrogens (primary N) is 1. The number of nitrogens with one attached hydrogen (secondary N) is 2. The maximum Gasteiger partial charge on any atom is 0.251 e. The Kier molecular flexibility index (Phi) is 4.94. The maximum atomic E-state index is 11.7. The molecule has 0 aliphatic heterocycles. The molecule has 1 amide bonds. The molecule has 6 nitrogen and oxygen atoms in total. The summed E-state index contributed by atoms with van der Waals surface area (Å²) in [6.45, 7) is 0.0184. The van der Waals surface area contributed by atoms with Gasteiger partial charge in [-0.3, -0.25) is 4.79 Å². The van der Waals surface area contributed by atoms with Crippen molar-refractivity contribution in [3.63, 3.8) is 0 Å². The second kappa shape index (κ2) is 6.03. The van der Waals surface area contributed by atoms with Crippen molar-refractivity contribution in [1.29, 1.82) is 0 Å². The molecule has 8 heteroatoms. The van der Waals surface area contributed by atoms with Gasteiger partial charge in [0.1, 0.15) is 0 Å². The van der Waals surface area contributed by atoms with E-state index < -0.39 is 15.9 Å². The Morgan fingerprint density at radius 2 is 2.11 bits per heavy atom. The van der Waals surface area contributed by atoms with Gasteiger partial charge in [0.2, 0.25) is 10.0 Å². The van der Waals surface area contributed by atoms with Crippen molar-refractivity contribution in [3.8, 4) is 0 Å². The fourth-order valence-electron chi connectivity index (χ4n) is 1.19. The van der Waals surface area contributed by atoms with Gasteiger partial charge in [0.15, 0.2) is 0 Å². The summed E-state index contributed by atoms with van der Waals surface area (Å²) in [6.07, 6.45) is 0. The third-order valence-electron chi connectivity index (χ3n) is 2.23. The Balaban J connectivity index is 2.58. The molecule has 0 unspecified atom stereocenters. The molecule has 0 spiro atoms. The predicted molar refractivity (Wildman–Crippen MR) is 71.0 cm³/mol. The first-order valence-corrected chi connectivity index (χ1v) is 7.13. The molecule has 1 rings (SSSR count). The third-order valence-corrected chi connectivity index (χ3v) is 3.93. The van der Waals surface area contributed by atoms with Crippen LogP contribution in [0.1, 0.15) is 10.4 Å². The van der Waals surface area contributed by atoms with Crippen molar-refractivity contribution < 1.29 is 13.2 Å². The van der Waals surface area contributed by atoms with Gasteiger partial charge in [-0.2, -0.15) is 0 Å². The van der Waals surface area contributed by atoms with E-state index in [9.17, 15) is 13.2 Å². The number of amides is 1. The number of hydrogen-bond donors (Lipinski definition) is 3. The summed E-state index contributed by atoms with van der Waals surface area (Å²) >= 11 is 5.72. The van der Waals surface area contributed by atoms with E-state index >= 15 is 0 Å². The summed E-state index contributed by atoms with van der Waals surface area (Å²) in [5, 5.41) is 2.84. The number of nitrogen functional groups attached to an aromatic ring is 1. The minimum Gasteiger partial charge on any atom is -0.398 e. The van der Waals surface area contributed by atoms with Crippen LogP contribution in [-0.4, -0.2) is 33.7 Å². The lowest BCUT2D eigenvalue weighted by Crippen LogP contribution is -2.32. The Morgan fingerprint density at radius 3 is 2.67 bits per heavy atom. The van der Waals surface area contributed by atoms with Crippen molar-refractivity contribution in [2.75, 3.05) is 25.1 Å². The van der Waals surface area contributed by atoms with Crippen LogP contribution in [0.2, 0.25) is 5.02 Å². The summed E-state index contributed by atoms with van der Waals surface area (Å²) in [5.74, 6) is -0.581. The van der Waals surface area contributed by atoms with E-state index in [1.165, 1.54) is 25.2 Å². The van der Waals surface area contributed by atoms with Crippen LogP contribution in [0.15, 0.2) is 18.2 Å². The van der Waals surface area contributed by atoms with Crippen LogP contribution in [0.4, 0.5) is 5.69 Å². The number of hydrogen-bond acceptors (Lipinski definition) is 4. The topological polar surface area (TPSA) is 101 Å². The van der Waals surface area contributed by atoms with Crippen LogP contribution in [0.3, 0.4) is 0 Å². The molecule has 0 heterocycles. The van der Waals surface area contributed by atoms with Gasteiger partial charge in [-0.25, -0.2) is 13.1 Å². The lowest BCUT2D eigenvalue weighted by Gasteiger charge is -2.06. The fraction of sp³-hybridized carbons (Fsp3) is 0.300. The van der Waals surface area contributed by atoms with E-state index in [0.29, 0.717) is 16.3 Å². The molecule has 0 bridgehead atoms. The molecule has 1 aromatic carbocycles. The molecule has 0 saturated heterocycles. The molecule has 1 aromatic rings. The molecule has 100 valence electrons. The minimum absolute atomic E-state index is 0.0184. The lowest BCUT2D eigenvalue weighted by atomic mass is 10.2. The maximum absolute atomic E-state index is 11.7. The highest BCUT2D eigenvalue weighted by molar-refractivity contribution is 7.89. The van der Waals surface area contributed by atoms with Crippen molar-refractivity contribution in [2.24, 2.45) is 0 Å². The third kappa shape index (κ3) is 4.17. The monoisotopic (exact) mass is 291 g/mol. The van der Waals surface area contributed by atoms with Gasteiger partial charge in [0, 0.05) is 12.1 Å². The average Bonchev–Trinajstić information content (AvgIpc) is 2.32. The first kappa shape index (κ1) is 14.7. The number of sulfonamides is 1. The molecule has 0 fully saturated rings. The molecule has 0 aromatic heterocycles. The summed E-state index contributed by atoms with van der Waals surface area (Å²) < 4.78 is 24.4. The van der Waals surface area contributed by atoms with Crippen LogP contribution in [0, 0.1) is 0 Å². The highest BCUT2D eigenvalue weighted by atomic mass is 35.5. The smallest absolute Gasteiger partial charge is 0.251 e. The number of carbonyl (C=O) groups excluding carboxylic acids is 1. The van der Waals surface area contributed by atoms with E-state index in [4.69, 9.17) is 17.3 Å². The Labute approximate surface area is 111 Å². The quantitative estimate of drug-likeness (QED) is 0.675. The van der Waals surface area contributed by atoms with Gasteiger partial charge in [-0.05, 0) is 25.2 Å². The van der Waals surface area contributed by atoms with Crippen LogP contribution in [0.5, 0.6) is 0 Å². The molecule has 0 saturated carbocycles. The van der Waals surface area contributed by atoms with E-state index in [2.05, 4.69) is 10.0 Å². The van der Waals surface area contributed by atoms with E-state index in [1.54, 1.807) is 0 Å². The molecule has 4 N–H and O–H groups in total. The van der Waals surface area contributed by atoms with Gasteiger partial charge in [0.05, 0.1) is 16.5 Å². The van der Waals surface area contributed by atoms with Gasteiger partial charge in [-0.15, -0.1) is 0 Å². The highest BCUT2D eigenvalue weighted by Gasteiger charge is 2.10. The van der Waals surface area contributed by atoms with E-state index in [1.807, 2.05) is 0 Å². The van der Waals surface area contributed by atoms with Crippen LogP contribution < -0.4 is 15.8 Å². The number of carbonyl (C=O) groups is 1. The van der Waals surface area contributed by atoms with Crippen LogP contribution >= 0.6 is 11.6 Å². The Morgan fingerprint density at radius 1 is 1.44 bits per heavy atom. The van der Waals surface area contributed by atoms with Crippen molar-refractivity contribution in [3.05, 3.63) is 28.8 Å². The van der Waals surface area contributed by atoms with Gasteiger partial charge in [0.25, 0.3) is 5.91 Å². The highest BCUT2D eigenvalue weighted by Crippen LogP contribution is 2.19. The number of rotatable bonds is 5. The fourth-order valence-corrected chi connectivity index (χ4v) is 1.88. The summed E-state index contributed by atoms with van der Waals surface area (Å²) in [5.41, 5.74) is 6.19. The van der Waals surface area contributed by atoms with Crippen molar-refractivity contribution in [1.82, 2.24) is 10.0 Å². The molecular formula is C10H14ClN3O3S. The standard InChI is InChI=1S/C10H14ClN3O3S/c1-13-18(16,17)5-4-14-10(15)7-2-3-8(11)9(12)6-7/h2-3,6,13H,4-5,12H2,1H3,(H,14,15). The van der Waals surface area contributed by atoms with Crippen LogP contribution in [-0.2, 0) is 10.0 Å². The zero-order valence-electron chi connectivity index (χ0n) is 9.73. The molecular weight excluding hydrogens is 278 g/mol. The van der Waals surface area contributed by atoms with Gasteiger partial charge in [-0.1, -0.05) is 11.6 Å². The molecule has 0 aliphatic carbocycles. The first-order chi connectivity index (χ1) is 8.35. The summed E-state index contributed by atoms with van der Waals surface area (Å²) in [7, 11) is -2.01. The first-order valence-electron chi connectivity index (χ1n) is 5.10. The van der Waals surface area contributed by atoms with E-state index in [0.717, 1.165) is 0 Å².